The number of hydrogen-bond acceptors (Lipinski definition) is 6. The number of amides is 2. The number of aromatic nitrogens is 1. The summed E-state index contributed by atoms with van der Waals surface area (Å²) in [5, 5.41) is 6.99. The third kappa shape index (κ3) is 4.73. The molecule has 5 rings (SSSR count). The van der Waals surface area contributed by atoms with Crippen molar-refractivity contribution in [2.75, 3.05) is 29.9 Å². The van der Waals surface area contributed by atoms with Crippen molar-refractivity contribution in [1.29, 1.82) is 0 Å². The maximum atomic E-state index is 13.4. The van der Waals surface area contributed by atoms with Crippen molar-refractivity contribution in [3.8, 4) is 5.75 Å². The van der Waals surface area contributed by atoms with Crippen LogP contribution < -0.4 is 20.3 Å². The summed E-state index contributed by atoms with van der Waals surface area (Å²) in [5.74, 6) is 0.0633. The van der Waals surface area contributed by atoms with Gasteiger partial charge in [-0.15, -0.1) is 0 Å². The van der Waals surface area contributed by atoms with Crippen LogP contribution in [0.15, 0.2) is 48.5 Å². The molecule has 3 heterocycles. The monoisotopic (exact) mass is 450 g/mol. The average Bonchev–Trinajstić information content (AvgIpc) is 3.18. The molecule has 0 radical (unpaired) electrons. The van der Waals surface area contributed by atoms with Gasteiger partial charge in [0.25, 0.3) is 5.91 Å². The lowest BCUT2D eigenvalue weighted by Crippen LogP contribution is -2.27. The fourth-order valence-corrected chi connectivity index (χ4v) is 4.02. The number of nitrogens with one attached hydrogen (secondary N) is 2. The molecular weight excluding hydrogens is 427 g/mol. The molecule has 1 fully saturated rings. The number of rotatable bonds is 7. The Morgan fingerprint density at radius 3 is 2.94 bits per heavy atom. The van der Waals surface area contributed by atoms with Gasteiger partial charge in [0, 0.05) is 23.7 Å². The number of nitrogens with zero attached hydrogens (tertiary/aromatic N) is 2. The molecule has 0 bridgehead atoms. The number of hydrogen-bond donors (Lipinski definition) is 2. The lowest BCUT2D eigenvalue weighted by Gasteiger charge is -2.20. The van der Waals surface area contributed by atoms with Crippen molar-refractivity contribution in [2.45, 2.75) is 25.5 Å². The second kappa shape index (κ2) is 9.03. The van der Waals surface area contributed by atoms with Crippen molar-refractivity contribution >= 4 is 34.3 Å². The summed E-state index contributed by atoms with van der Waals surface area (Å²) in [5.41, 5.74) is 2.69. The molecule has 2 aromatic carbocycles. The molecule has 1 aromatic heterocycles. The van der Waals surface area contributed by atoms with Crippen LogP contribution in [-0.2, 0) is 16.1 Å². The zero-order valence-electron chi connectivity index (χ0n) is 17.8. The molecule has 0 aliphatic carbocycles. The number of anilines is 2. The van der Waals surface area contributed by atoms with Crippen LogP contribution in [-0.4, -0.2) is 42.8 Å². The quantitative estimate of drug-likeness (QED) is 0.535. The van der Waals surface area contributed by atoms with Gasteiger partial charge >= 0.3 is 6.09 Å². The lowest BCUT2D eigenvalue weighted by atomic mass is 10.1. The van der Waals surface area contributed by atoms with Gasteiger partial charge in [-0.25, -0.2) is 9.18 Å². The van der Waals surface area contributed by atoms with E-state index in [1.807, 2.05) is 12.1 Å². The molecule has 2 N–H and O–H groups in total. The molecule has 1 saturated heterocycles. The zero-order chi connectivity index (χ0) is 22.8. The summed E-state index contributed by atoms with van der Waals surface area (Å²) in [6.45, 7) is 1.75. The fourth-order valence-electron chi connectivity index (χ4n) is 4.02. The molecule has 8 nitrogen and oxygen atoms in total. The van der Waals surface area contributed by atoms with E-state index in [-0.39, 0.29) is 24.4 Å². The van der Waals surface area contributed by atoms with E-state index in [4.69, 9.17) is 9.47 Å². The highest BCUT2D eigenvalue weighted by Gasteiger charge is 2.32. The van der Waals surface area contributed by atoms with Crippen molar-refractivity contribution in [3.63, 3.8) is 0 Å². The number of ether oxygens (including phenoxy) is 2. The number of halogens is 1. The molecule has 2 amide bonds. The van der Waals surface area contributed by atoms with E-state index in [1.54, 1.807) is 29.2 Å². The highest BCUT2D eigenvalue weighted by molar-refractivity contribution is 5.97. The Morgan fingerprint density at radius 2 is 2.03 bits per heavy atom. The molecule has 0 saturated carbocycles. The maximum absolute atomic E-state index is 13.4. The first-order valence-corrected chi connectivity index (χ1v) is 10.9. The first-order valence-electron chi connectivity index (χ1n) is 10.9. The first kappa shape index (κ1) is 21.1. The number of cyclic esters (lactones) is 1. The second-order valence-corrected chi connectivity index (χ2v) is 8.09. The molecule has 2 aliphatic heterocycles. The van der Waals surface area contributed by atoms with Gasteiger partial charge in [0.15, 0.2) is 6.61 Å². The van der Waals surface area contributed by atoms with E-state index in [9.17, 15) is 14.0 Å². The van der Waals surface area contributed by atoms with Gasteiger partial charge < -0.3 is 20.1 Å². The highest BCUT2D eigenvalue weighted by Crippen LogP contribution is 2.33. The fraction of sp³-hybridized carbons (Fsp3) is 0.292. The van der Waals surface area contributed by atoms with E-state index < -0.39 is 6.09 Å². The minimum atomic E-state index is -0.399. The summed E-state index contributed by atoms with van der Waals surface area (Å²) < 4.78 is 24.3. The van der Waals surface area contributed by atoms with Crippen LogP contribution in [0.5, 0.6) is 5.75 Å². The lowest BCUT2D eigenvalue weighted by molar-refractivity contribution is -0.118. The number of fused-ring (bicyclic) bond motifs is 2. The summed E-state index contributed by atoms with van der Waals surface area (Å²) >= 11 is 0. The standard InChI is InChI=1S/C24H23FN4O4/c25-16-5-3-15-4-6-17(27-20(15)10-16)12-26-9-1-2-19-13-29(24(31)33-19)18-7-8-22-21(11-18)28-23(30)14-32-22/h3-8,10-11,19,26H,1-2,9,12-14H2,(H,28,30). The van der Waals surface area contributed by atoms with Gasteiger partial charge in [0.05, 0.1) is 23.4 Å². The topological polar surface area (TPSA) is 92.8 Å². The Kier molecular flexibility index (Phi) is 5.78. The maximum Gasteiger partial charge on any atom is 0.414 e. The second-order valence-electron chi connectivity index (χ2n) is 8.09. The Morgan fingerprint density at radius 1 is 1.15 bits per heavy atom. The van der Waals surface area contributed by atoms with Crippen LogP contribution in [0, 0.1) is 5.82 Å². The highest BCUT2D eigenvalue weighted by atomic mass is 19.1. The third-order valence-electron chi connectivity index (χ3n) is 5.68. The van der Waals surface area contributed by atoms with Crippen LogP contribution in [0.4, 0.5) is 20.6 Å². The number of pyridine rings is 1. The normalized spacial score (nSPS) is 17.5. The molecule has 2 aliphatic rings. The van der Waals surface area contributed by atoms with Crippen molar-refractivity contribution in [3.05, 3.63) is 60.0 Å². The van der Waals surface area contributed by atoms with Crippen molar-refractivity contribution in [1.82, 2.24) is 10.3 Å². The Hall–Kier alpha value is -3.72. The minimum absolute atomic E-state index is 0.0102. The molecule has 3 aromatic rings. The van der Waals surface area contributed by atoms with Crippen molar-refractivity contribution in [2.24, 2.45) is 0 Å². The SMILES string of the molecule is O=C1COc2ccc(N3CC(CCCNCc4ccc5ccc(F)cc5n4)OC3=O)cc2N1. The van der Waals surface area contributed by atoms with Crippen LogP contribution in [0.3, 0.4) is 0 Å². The third-order valence-corrected chi connectivity index (χ3v) is 5.68. The van der Waals surface area contributed by atoms with Crippen molar-refractivity contribution < 1.29 is 23.5 Å². The predicted molar refractivity (Wildman–Crippen MR) is 121 cm³/mol. The summed E-state index contributed by atoms with van der Waals surface area (Å²) in [7, 11) is 0. The minimum Gasteiger partial charge on any atom is -0.482 e. The average molecular weight is 450 g/mol. The predicted octanol–water partition coefficient (Wildman–Crippen LogP) is 3.60. The Bertz CT molecular complexity index is 1220. The van der Waals surface area contributed by atoms with Gasteiger partial charge in [0.1, 0.15) is 17.7 Å². The van der Waals surface area contributed by atoms with E-state index in [0.29, 0.717) is 35.7 Å². The van der Waals surface area contributed by atoms with Gasteiger partial charge in [0.2, 0.25) is 0 Å². The van der Waals surface area contributed by atoms with Crippen LogP contribution in [0.2, 0.25) is 0 Å². The van der Waals surface area contributed by atoms with Gasteiger partial charge in [-0.1, -0.05) is 6.07 Å². The van der Waals surface area contributed by atoms with Crippen LogP contribution in [0.1, 0.15) is 18.5 Å². The number of benzene rings is 2. The number of carbonyl (C=O) groups excluding carboxylic acids is 2. The van der Waals surface area contributed by atoms with E-state index in [2.05, 4.69) is 15.6 Å². The van der Waals surface area contributed by atoms with Gasteiger partial charge in [-0.2, -0.15) is 0 Å². The summed E-state index contributed by atoms with van der Waals surface area (Å²) in [6, 6.07) is 13.7. The largest absolute Gasteiger partial charge is 0.482 e. The molecule has 9 heteroatoms. The molecule has 0 spiro atoms. The smallest absolute Gasteiger partial charge is 0.414 e. The number of carbonyl (C=O) groups is 2. The van der Waals surface area contributed by atoms with Gasteiger partial charge in [-0.3, -0.25) is 14.7 Å². The zero-order valence-corrected chi connectivity index (χ0v) is 17.8. The molecular formula is C24H23FN4O4. The molecule has 33 heavy (non-hydrogen) atoms. The molecule has 170 valence electrons. The Balaban J connectivity index is 1.10. The molecule has 1 unspecified atom stereocenters. The van der Waals surface area contributed by atoms with Crippen LogP contribution in [0.25, 0.3) is 10.9 Å². The Labute approximate surface area is 189 Å². The van der Waals surface area contributed by atoms with Gasteiger partial charge in [-0.05, 0) is 55.8 Å². The van der Waals surface area contributed by atoms with E-state index in [1.165, 1.54) is 12.1 Å². The first-order chi connectivity index (χ1) is 16.0. The van der Waals surface area contributed by atoms with E-state index in [0.717, 1.165) is 30.5 Å². The van der Waals surface area contributed by atoms with Crippen LogP contribution >= 0.6 is 0 Å². The molecule has 1 atom stereocenters. The summed E-state index contributed by atoms with van der Waals surface area (Å²) in [4.78, 5) is 30.0. The van der Waals surface area contributed by atoms with E-state index >= 15 is 0 Å². The summed E-state index contributed by atoms with van der Waals surface area (Å²) in [6.07, 6.45) is 0.935.